The Morgan fingerprint density at radius 2 is 2.04 bits per heavy atom. The zero-order valence-corrected chi connectivity index (χ0v) is 14.8. The van der Waals surface area contributed by atoms with Gasteiger partial charge in [0.2, 0.25) is 0 Å². The van der Waals surface area contributed by atoms with Crippen molar-refractivity contribution in [3.63, 3.8) is 0 Å². The van der Waals surface area contributed by atoms with Crippen LogP contribution in [0.5, 0.6) is 0 Å². The Hall–Kier alpha value is -1.44. The molecule has 1 saturated carbocycles. The first-order valence-corrected chi connectivity index (χ1v) is 9.50. The van der Waals surface area contributed by atoms with Crippen molar-refractivity contribution in [1.82, 2.24) is 19.6 Å². The first-order chi connectivity index (χ1) is 12.2. The van der Waals surface area contributed by atoms with Gasteiger partial charge in [-0.2, -0.15) is 5.10 Å². The summed E-state index contributed by atoms with van der Waals surface area (Å²) in [5.41, 5.74) is 0.482. The molecular weight excluding hydrogens is 320 g/mol. The molecule has 1 N–H and O–H groups in total. The lowest BCUT2D eigenvalue weighted by Crippen LogP contribution is -2.61. The molecule has 1 aliphatic carbocycles. The van der Waals surface area contributed by atoms with Crippen LogP contribution >= 0.6 is 0 Å². The lowest BCUT2D eigenvalue weighted by molar-refractivity contribution is -0.153. The molecule has 138 valence electrons. The molecule has 2 aliphatic heterocycles. The van der Waals surface area contributed by atoms with E-state index >= 15 is 0 Å². The number of aliphatic carboxylic acids is 1. The zero-order chi connectivity index (χ0) is 17.3. The first kappa shape index (κ1) is 17.0. The standard InChI is InChI=1S/C18H28N4O3/c23-17(24)18(6-12-25-14-18)21-10-8-20(9-11-21)13-16-5-7-19-22(16)15-3-1-2-4-15/h5,7,15H,1-4,6,8-14H2,(H,23,24). The molecule has 1 atom stereocenters. The Balaban J connectivity index is 1.37. The molecule has 0 radical (unpaired) electrons. The van der Waals surface area contributed by atoms with Crippen LogP contribution in [0.3, 0.4) is 0 Å². The second-order valence-electron chi connectivity index (χ2n) is 7.61. The van der Waals surface area contributed by atoms with Gasteiger partial charge < -0.3 is 9.84 Å². The number of piperazine rings is 1. The van der Waals surface area contributed by atoms with Crippen LogP contribution in [0.1, 0.15) is 43.8 Å². The maximum Gasteiger partial charge on any atom is 0.326 e. The Bertz CT molecular complexity index is 597. The van der Waals surface area contributed by atoms with Gasteiger partial charge in [-0.15, -0.1) is 0 Å². The third-order valence-electron chi connectivity index (χ3n) is 6.18. The van der Waals surface area contributed by atoms with Gasteiger partial charge in [-0.25, -0.2) is 0 Å². The van der Waals surface area contributed by atoms with Crippen molar-refractivity contribution < 1.29 is 14.6 Å². The lowest BCUT2D eigenvalue weighted by Gasteiger charge is -2.42. The summed E-state index contributed by atoms with van der Waals surface area (Å²) in [5.74, 6) is -0.738. The molecule has 0 aromatic carbocycles. The molecule has 1 aromatic rings. The minimum atomic E-state index is -0.808. The summed E-state index contributed by atoms with van der Waals surface area (Å²) in [6.45, 7) is 5.13. The summed E-state index contributed by atoms with van der Waals surface area (Å²) in [7, 11) is 0. The second-order valence-corrected chi connectivity index (χ2v) is 7.61. The molecule has 3 heterocycles. The largest absolute Gasteiger partial charge is 0.480 e. The van der Waals surface area contributed by atoms with Crippen LogP contribution in [0.2, 0.25) is 0 Å². The van der Waals surface area contributed by atoms with E-state index in [4.69, 9.17) is 4.74 Å². The van der Waals surface area contributed by atoms with Gasteiger partial charge in [-0.3, -0.25) is 19.3 Å². The van der Waals surface area contributed by atoms with E-state index in [-0.39, 0.29) is 0 Å². The average molecular weight is 348 g/mol. The molecule has 3 aliphatic rings. The Morgan fingerprint density at radius 1 is 1.28 bits per heavy atom. The smallest absolute Gasteiger partial charge is 0.326 e. The minimum absolute atomic E-state index is 0.316. The van der Waals surface area contributed by atoms with Crippen LogP contribution in [-0.2, 0) is 16.1 Å². The highest BCUT2D eigenvalue weighted by atomic mass is 16.5. The van der Waals surface area contributed by atoms with E-state index in [9.17, 15) is 9.90 Å². The number of hydrogen-bond donors (Lipinski definition) is 1. The normalized spacial score (nSPS) is 29.4. The topological polar surface area (TPSA) is 70.8 Å². The number of hydrogen-bond acceptors (Lipinski definition) is 5. The average Bonchev–Trinajstić information content (AvgIpc) is 3.37. The second kappa shape index (κ2) is 7.05. The number of nitrogens with zero attached hydrogens (tertiary/aromatic N) is 4. The summed E-state index contributed by atoms with van der Waals surface area (Å²) >= 11 is 0. The molecule has 0 bridgehead atoms. The number of rotatable bonds is 5. The van der Waals surface area contributed by atoms with Crippen LogP contribution in [0.4, 0.5) is 0 Å². The van der Waals surface area contributed by atoms with E-state index in [1.807, 2.05) is 6.20 Å². The highest BCUT2D eigenvalue weighted by Crippen LogP contribution is 2.31. The Labute approximate surface area is 148 Å². The van der Waals surface area contributed by atoms with Crippen molar-refractivity contribution >= 4 is 5.97 Å². The van der Waals surface area contributed by atoms with Crippen LogP contribution in [0, 0.1) is 0 Å². The van der Waals surface area contributed by atoms with Crippen molar-refractivity contribution in [1.29, 1.82) is 0 Å². The summed E-state index contributed by atoms with van der Waals surface area (Å²) in [6, 6.07) is 2.70. The maximum atomic E-state index is 11.8. The summed E-state index contributed by atoms with van der Waals surface area (Å²) in [6.07, 6.45) is 7.60. The summed E-state index contributed by atoms with van der Waals surface area (Å²) < 4.78 is 7.64. The molecule has 0 amide bonds. The van der Waals surface area contributed by atoms with Crippen molar-refractivity contribution in [2.75, 3.05) is 39.4 Å². The molecule has 3 fully saturated rings. The molecular formula is C18H28N4O3. The predicted molar refractivity (Wildman–Crippen MR) is 92.4 cm³/mol. The number of carbonyl (C=O) groups is 1. The zero-order valence-electron chi connectivity index (χ0n) is 14.8. The van der Waals surface area contributed by atoms with Crippen molar-refractivity contribution in [3.8, 4) is 0 Å². The van der Waals surface area contributed by atoms with E-state index in [0.29, 0.717) is 25.7 Å². The molecule has 1 aromatic heterocycles. The number of carboxylic acids is 1. The van der Waals surface area contributed by atoms with Gasteiger partial charge in [0, 0.05) is 51.9 Å². The first-order valence-electron chi connectivity index (χ1n) is 9.50. The van der Waals surface area contributed by atoms with Gasteiger partial charge in [0.15, 0.2) is 0 Å². The fourth-order valence-corrected chi connectivity index (χ4v) is 4.62. The quantitative estimate of drug-likeness (QED) is 0.866. The third-order valence-corrected chi connectivity index (χ3v) is 6.18. The van der Waals surface area contributed by atoms with Gasteiger partial charge >= 0.3 is 5.97 Å². The number of aromatic nitrogens is 2. The molecule has 0 spiro atoms. The fourth-order valence-electron chi connectivity index (χ4n) is 4.62. The Morgan fingerprint density at radius 3 is 2.68 bits per heavy atom. The van der Waals surface area contributed by atoms with Crippen LogP contribution < -0.4 is 0 Å². The van der Waals surface area contributed by atoms with Gasteiger partial charge in [0.1, 0.15) is 5.54 Å². The van der Waals surface area contributed by atoms with E-state index in [0.717, 1.165) is 32.7 Å². The molecule has 7 nitrogen and oxygen atoms in total. The van der Waals surface area contributed by atoms with Gasteiger partial charge in [0.25, 0.3) is 0 Å². The van der Waals surface area contributed by atoms with E-state index in [2.05, 4.69) is 25.6 Å². The number of carboxylic acid groups (broad SMARTS) is 1. The Kier molecular flexibility index (Phi) is 4.80. The van der Waals surface area contributed by atoms with Gasteiger partial charge in [0.05, 0.1) is 18.3 Å². The van der Waals surface area contributed by atoms with E-state index in [1.165, 1.54) is 31.4 Å². The predicted octanol–water partition coefficient (Wildman–Crippen LogP) is 1.36. The molecule has 2 saturated heterocycles. The lowest BCUT2D eigenvalue weighted by atomic mass is 9.95. The highest BCUT2D eigenvalue weighted by Gasteiger charge is 2.48. The molecule has 1 unspecified atom stereocenters. The van der Waals surface area contributed by atoms with Crippen LogP contribution in [0.15, 0.2) is 12.3 Å². The van der Waals surface area contributed by atoms with E-state index < -0.39 is 11.5 Å². The minimum Gasteiger partial charge on any atom is -0.480 e. The van der Waals surface area contributed by atoms with E-state index in [1.54, 1.807) is 0 Å². The van der Waals surface area contributed by atoms with Crippen molar-refractivity contribution in [3.05, 3.63) is 18.0 Å². The van der Waals surface area contributed by atoms with Gasteiger partial charge in [-0.05, 0) is 18.9 Å². The van der Waals surface area contributed by atoms with Gasteiger partial charge in [-0.1, -0.05) is 12.8 Å². The van der Waals surface area contributed by atoms with Crippen molar-refractivity contribution in [2.45, 2.75) is 50.2 Å². The monoisotopic (exact) mass is 348 g/mol. The van der Waals surface area contributed by atoms with Crippen molar-refractivity contribution in [2.24, 2.45) is 0 Å². The molecule has 25 heavy (non-hydrogen) atoms. The molecule has 7 heteroatoms. The summed E-state index contributed by atoms with van der Waals surface area (Å²) in [4.78, 5) is 16.3. The molecule has 4 rings (SSSR count). The number of ether oxygens (including phenoxy) is 1. The SMILES string of the molecule is O=C(O)C1(N2CCN(Cc3ccnn3C3CCCC3)CC2)CCOC1. The third kappa shape index (κ3) is 3.20. The highest BCUT2D eigenvalue weighted by molar-refractivity contribution is 5.79. The summed E-state index contributed by atoms with van der Waals surface area (Å²) in [5, 5.41) is 14.3. The van der Waals surface area contributed by atoms with Crippen LogP contribution in [0.25, 0.3) is 0 Å². The maximum absolute atomic E-state index is 11.8. The van der Waals surface area contributed by atoms with Crippen LogP contribution in [-0.4, -0.2) is 75.6 Å². The fraction of sp³-hybridized carbons (Fsp3) is 0.778.